The highest BCUT2D eigenvalue weighted by Crippen LogP contribution is 2.48. The lowest BCUT2D eigenvalue weighted by Crippen LogP contribution is -2.02. The predicted octanol–water partition coefficient (Wildman–Crippen LogP) is 7.43. The first-order valence-corrected chi connectivity index (χ1v) is 12.8. The fourth-order valence-corrected chi connectivity index (χ4v) is 5.39. The van der Waals surface area contributed by atoms with Crippen molar-refractivity contribution in [2.75, 3.05) is 26.5 Å². The van der Waals surface area contributed by atoms with Gasteiger partial charge in [0.25, 0.3) is 0 Å². The fourth-order valence-electron chi connectivity index (χ4n) is 3.73. The average molecular weight is 449 g/mol. The summed E-state index contributed by atoms with van der Waals surface area (Å²) in [4.78, 5) is 0. The normalized spacial score (nSPS) is 11.7. The van der Waals surface area contributed by atoms with Gasteiger partial charge in [-0.1, -0.05) is 26.0 Å². The first kappa shape index (κ1) is 25.5. The van der Waals surface area contributed by atoms with Crippen molar-refractivity contribution in [3.8, 4) is 17.2 Å². The number of methoxy groups -OCH3 is 1. The molecule has 0 spiro atoms. The second-order valence-corrected chi connectivity index (χ2v) is 10.2. The highest BCUT2D eigenvalue weighted by molar-refractivity contribution is 7.53. The lowest BCUT2D eigenvalue weighted by Gasteiger charge is -2.18. The number of hydrogen-bond acceptors (Lipinski definition) is 5. The summed E-state index contributed by atoms with van der Waals surface area (Å²) in [6.07, 6.45) is 1.98. The van der Waals surface area contributed by atoms with Crippen molar-refractivity contribution in [3.63, 3.8) is 0 Å². The molecule has 0 saturated heterocycles. The highest BCUT2D eigenvalue weighted by Gasteiger charge is 2.22. The van der Waals surface area contributed by atoms with Crippen molar-refractivity contribution in [1.82, 2.24) is 0 Å². The number of hydrogen-bond donors (Lipinski definition) is 0. The van der Waals surface area contributed by atoms with E-state index in [1.807, 2.05) is 26.0 Å². The lowest BCUT2D eigenvalue weighted by molar-refractivity contribution is 0.220. The standard InChI is InChI=1S/C25H37O5P/c1-8-28-31(26,29-9-2)14-10-11-21-15-19(5)25(20(6)16-21)30-22-12-13-24(27-7)23(17-22)18(3)4/h12-13,15-18H,8-11,14H2,1-7H3. The molecule has 172 valence electrons. The first-order valence-electron chi connectivity index (χ1n) is 11.1. The van der Waals surface area contributed by atoms with Crippen LogP contribution in [0.4, 0.5) is 0 Å². The molecule has 0 atom stereocenters. The average Bonchev–Trinajstić information content (AvgIpc) is 2.71. The topological polar surface area (TPSA) is 54.0 Å². The van der Waals surface area contributed by atoms with Crippen molar-refractivity contribution >= 4 is 7.60 Å². The molecule has 2 aromatic carbocycles. The van der Waals surface area contributed by atoms with Crippen LogP contribution < -0.4 is 9.47 Å². The molecular weight excluding hydrogens is 411 g/mol. The van der Waals surface area contributed by atoms with Gasteiger partial charge < -0.3 is 18.5 Å². The molecular formula is C25H37O5P. The SMILES string of the molecule is CCOP(=O)(CCCc1cc(C)c(Oc2ccc(OC)c(C(C)C)c2)c(C)c1)OCC. The largest absolute Gasteiger partial charge is 0.496 e. The molecule has 0 unspecified atom stereocenters. The lowest BCUT2D eigenvalue weighted by atomic mass is 10.0. The van der Waals surface area contributed by atoms with Crippen molar-refractivity contribution in [2.45, 2.75) is 60.3 Å². The van der Waals surface area contributed by atoms with Gasteiger partial charge in [0, 0.05) is 5.56 Å². The van der Waals surface area contributed by atoms with E-state index in [-0.39, 0.29) is 0 Å². The van der Waals surface area contributed by atoms with E-state index in [4.69, 9.17) is 18.5 Å². The van der Waals surface area contributed by atoms with Crippen LogP contribution in [0.2, 0.25) is 0 Å². The highest BCUT2D eigenvalue weighted by atomic mass is 31.2. The third-order valence-electron chi connectivity index (χ3n) is 5.11. The molecule has 0 heterocycles. The van der Waals surface area contributed by atoms with Crippen LogP contribution >= 0.6 is 7.60 Å². The summed E-state index contributed by atoms with van der Waals surface area (Å²) in [6, 6.07) is 10.2. The Bertz CT molecular complexity index is 874. The van der Waals surface area contributed by atoms with E-state index >= 15 is 0 Å². The van der Waals surface area contributed by atoms with E-state index in [1.165, 1.54) is 5.56 Å². The van der Waals surface area contributed by atoms with Crippen molar-refractivity contribution in [3.05, 3.63) is 52.6 Å². The van der Waals surface area contributed by atoms with Gasteiger partial charge >= 0.3 is 7.60 Å². The third kappa shape index (κ3) is 7.10. The summed E-state index contributed by atoms with van der Waals surface area (Å²) in [5, 5.41) is 0. The Labute approximate surface area is 187 Å². The third-order valence-corrected chi connectivity index (χ3v) is 7.28. The summed E-state index contributed by atoms with van der Waals surface area (Å²) in [7, 11) is -1.30. The van der Waals surface area contributed by atoms with E-state index in [1.54, 1.807) is 7.11 Å². The second-order valence-electron chi connectivity index (χ2n) is 7.99. The van der Waals surface area contributed by atoms with E-state index in [9.17, 15) is 4.57 Å². The molecule has 0 amide bonds. The quantitative estimate of drug-likeness (QED) is 0.316. The van der Waals surface area contributed by atoms with Gasteiger partial charge in [-0.15, -0.1) is 0 Å². The maximum atomic E-state index is 12.6. The van der Waals surface area contributed by atoms with Crippen LogP contribution in [0.1, 0.15) is 62.3 Å². The van der Waals surface area contributed by atoms with Crippen LogP contribution in [0, 0.1) is 13.8 Å². The van der Waals surface area contributed by atoms with Crippen LogP contribution in [0.5, 0.6) is 17.2 Å². The van der Waals surface area contributed by atoms with Crippen LogP contribution in [0.25, 0.3) is 0 Å². The first-order chi connectivity index (χ1) is 14.7. The summed E-state index contributed by atoms with van der Waals surface area (Å²) < 4.78 is 35.2. The molecule has 0 saturated carbocycles. The molecule has 0 aliphatic carbocycles. The van der Waals surface area contributed by atoms with Crippen molar-refractivity contribution < 1.29 is 23.1 Å². The maximum Gasteiger partial charge on any atom is 0.330 e. The molecule has 0 aliphatic rings. The van der Waals surface area contributed by atoms with Gasteiger partial charge in [-0.2, -0.15) is 0 Å². The predicted molar refractivity (Wildman–Crippen MR) is 127 cm³/mol. The van der Waals surface area contributed by atoms with Gasteiger partial charge in [0.05, 0.1) is 26.5 Å². The van der Waals surface area contributed by atoms with Gasteiger partial charge in [0.15, 0.2) is 0 Å². The Hall–Kier alpha value is -1.81. The Kier molecular flexibility index (Phi) is 9.61. The van der Waals surface area contributed by atoms with Crippen LogP contribution in [0.3, 0.4) is 0 Å². The van der Waals surface area contributed by atoms with Gasteiger partial charge in [-0.3, -0.25) is 4.57 Å². The smallest absolute Gasteiger partial charge is 0.330 e. The summed E-state index contributed by atoms with van der Waals surface area (Å²) >= 11 is 0. The minimum Gasteiger partial charge on any atom is -0.496 e. The van der Waals surface area contributed by atoms with Crippen molar-refractivity contribution in [1.29, 1.82) is 0 Å². The Morgan fingerprint density at radius 3 is 2.10 bits per heavy atom. The van der Waals surface area contributed by atoms with Gasteiger partial charge in [-0.25, -0.2) is 0 Å². The van der Waals surface area contributed by atoms with E-state index in [0.717, 1.165) is 46.8 Å². The Balaban J connectivity index is 2.12. The number of ether oxygens (including phenoxy) is 2. The zero-order chi connectivity index (χ0) is 23.0. The minimum absolute atomic E-state index is 0.340. The van der Waals surface area contributed by atoms with Crippen LogP contribution in [0.15, 0.2) is 30.3 Å². The minimum atomic E-state index is -2.99. The van der Waals surface area contributed by atoms with Crippen LogP contribution in [-0.2, 0) is 20.0 Å². The zero-order valence-electron chi connectivity index (χ0n) is 20.0. The van der Waals surface area contributed by atoms with E-state index in [2.05, 4.69) is 45.9 Å². The Morgan fingerprint density at radius 1 is 0.968 bits per heavy atom. The molecule has 0 bridgehead atoms. The van der Waals surface area contributed by atoms with Gasteiger partial charge in [0.2, 0.25) is 0 Å². The molecule has 6 heteroatoms. The van der Waals surface area contributed by atoms with E-state index < -0.39 is 7.60 Å². The van der Waals surface area contributed by atoms with Gasteiger partial charge in [-0.05, 0) is 81.3 Å². The molecule has 0 fully saturated rings. The summed E-state index contributed by atoms with van der Waals surface area (Å²) in [5.74, 6) is 2.89. The maximum absolute atomic E-state index is 12.6. The van der Waals surface area contributed by atoms with Crippen molar-refractivity contribution in [2.24, 2.45) is 0 Å². The molecule has 0 aliphatic heterocycles. The van der Waals surface area contributed by atoms with Crippen LogP contribution in [-0.4, -0.2) is 26.5 Å². The number of benzene rings is 2. The molecule has 0 radical (unpaired) electrons. The molecule has 2 aromatic rings. The second kappa shape index (κ2) is 11.7. The summed E-state index contributed by atoms with van der Waals surface area (Å²) in [6.45, 7) is 12.9. The number of aryl methyl sites for hydroxylation is 3. The molecule has 31 heavy (non-hydrogen) atoms. The van der Waals surface area contributed by atoms with Gasteiger partial charge in [0.1, 0.15) is 17.2 Å². The number of rotatable bonds is 12. The monoisotopic (exact) mass is 448 g/mol. The fraction of sp³-hybridized carbons (Fsp3) is 0.520. The molecule has 2 rings (SSSR count). The molecule has 0 aromatic heterocycles. The summed E-state index contributed by atoms with van der Waals surface area (Å²) in [5.41, 5.74) is 4.48. The van der Waals surface area contributed by atoms with E-state index in [0.29, 0.717) is 25.3 Å². The molecule has 5 nitrogen and oxygen atoms in total. The molecule has 0 N–H and O–H groups in total. The Morgan fingerprint density at radius 2 is 1.58 bits per heavy atom. The zero-order valence-corrected chi connectivity index (χ0v) is 20.9.